The summed E-state index contributed by atoms with van der Waals surface area (Å²) >= 11 is 6.08. The Labute approximate surface area is 203 Å². The van der Waals surface area contributed by atoms with Crippen molar-refractivity contribution in [2.75, 3.05) is 7.11 Å². The highest BCUT2D eigenvalue weighted by Gasteiger charge is 2.46. The minimum atomic E-state index is -0.776. The van der Waals surface area contributed by atoms with E-state index >= 15 is 0 Å². The highest BCUT2D eigenvalue weighted by atomic mass is 35.5. The lowest BCUT2D eigenvalue weighted by molar-refractivity contribution is -0.140. The molecule has 1 aliphatic heterocycles. The smallest absolute Gasteiger partial charge is 0.295 e. The Hall–Kier alpha value is -3.64. The lowest BCUT2D eigenvalue weighted by Crippen LogP contribution is -2.29. The number of carbonyl (C=O) groups excluding carboxylic acids is 2. The molecule has 6 nitrogen and oxygen atoms in total. The van der Waals surface area contributed by atoms with Crippen LogP contribution in [0.5, 0.6) is 5.75 Å². The fourth-order valence-electron chi connectivity index (χ4n) is 4.21. The minimum absolute atomic E-state index is 0.0380. The fourth-order valence-corrected chi connectivity index (χ4v) is 4.34. The van der Waals surface area contributed by atoms with E-state index in [0.29, 0.717) is 21.9 Å². The van der Waals surface area contributed by atoms with Crippen LogP contribution in [0.3, 0.4) is 0 Å². The van der Waals surface area contributed by atoms with Gasteiger partial charge in [0.05, 0.1) is 18.7 Å². The molecule has 0 saturated carbocycles. The van der Waals surface area contributed by atoms with E-state index < -0.39 is 17.7 Å². The van der Waals surface area contributed by atoms with Gasteiger partial charge < -0.3 is 14.7 Å². The summed E-state index contributed by atoms with van der Waals surface area (Å²) in [6, 6.07) is 15.0. The highest BCUT2D eigenvalue weighted by molar-refractivity contribution is 6.46. The SMILES string of the molecule is COc1ccc(/C(O)=C2/C(=O)C(=O)N(Cc3cccnc3)C2c2ccc(Cl)cc2)cc1C(C)C. The lowest BCUT2D eigenvalue weighted by Gasteiger charge is -2.25. The van der Waals surface area contributed by atoms with Crippen molar-refractivity contribution in [3.8, 4) is 5.75 Å². The van der Waals surface area contributed by atoms with Gasteiger partial charge >= 0.3 is 0 Å². The molecule has 0 radical (unpaired) electrons. The first-order valence-electron chi connectivity index (χ1n) is 10.9. The van der Waals surface area contributed by atoms with Crippen LogP contribution in [0.25, 0.3) is 5.76 Å². The van der Waals surface area contributed by atoms with Crippen LogP contribution in [-0.2, 0) is 16.1 Å². The summed E-state index contributed by atoms with van der Waals surface area (Å²) in [4.78, 5) is 32.0. The van der Waals surface area contributed by atoms with Gasteiger partial charge in [-0.3, -0.25) is 14.6 Å². The lowest BCUT2D eigenvalue weighted by atomic mass is 9.93. The molecule has 2 aromatic carbocycles. The van der Waals surface area contributed by atoms with Crippen molar-refractivity contribution in [3.05, 3.63) is 99.8 Å². The normalized spacial score (nSPS) is 17.4. The van der Waals surface area contributed by atoms with Crippen molar-refractivity contribution in [1.29, 1.82) is 0 Å². The van der Waals surface area contributed by atoms with Gasteiger partial charge in [-0.15, -0.1) is 0 Å². The van der Waals surface area contributed by atoms with Crippen LogP contribution < -0.4 is 4.74 Å². The molecule has 1 fully saturated rings. The molecule has 2 heterocycles. The summed E-state index contributed by atoms with van der Waals surface area (Å²) in [6.07, 6.45) is 3.29. The molecular weight excluding hydrogens is 452 g/mol. The third-order valence-electron chi connectivity index (χ3n) is 5.93. The molecule has 0 bridgehead atoms. The molecular formula is C27H25ClN2O4. The number of halogens is 1. The van der Waals surface area contributed by atoms with Crippen LogP contribution in [0, 0.1) is 0 Å². The predicted octanol–water partition coefficient (Wildman–Crippen LogP) is 5.49. The summed E-state index contributed by atoms with van der Waals surface area (Å²) in [5.74, 6) is -0.816. The number of amides is 1. The van der Waals surface area contributed by atoms with Gasteiger partial charge in [0.25, 0.3) is 11.7 Å². The molecule has 1 saturated heterocycles. The molecule has 1 amide bonds. The Morgan fingerprint density at radius 3 is 2.50 bits per heavy atom. The van der Waals surface area contributed by atoms with Gasteiger partial charge in [0.1, 0.15) is 11.5 Å². The maximum Gasteiger partial charge on any atom is 0.295 e. The molecule has 1 N–H and O–H groups in total. The van der Waals surface area contributed by atoms with Crippen molar-refractivity contribution in [3.63, 3.8) is 0 Å². The number of methoxy groups -OCH3 is 1. The number of likely N-dealkylation sites (tertiary alicyclic amines) is 1. The minimum Gasteiger partial charge on any atom is -0.507 e. The second-order valence-electron chi connectivity index (χ2n) is 8.45. The average Bonchev–Trinajstić information content (AvgIpc) is 3.09. The second-order valence-corrected chi connectivity index (χ2v) is 8.89. The molecule has 3 aromatic rings. The molecule has 7 heteroatoms. The van der Waals surface area contributed by atoms with E-state index in [1.54, 1.807) is 68.0 Å². The number of aromatic nitrogens is 1. The quantitative estimate of drug-likeness (QED) is 0.289. The number of benzene rings is 2. The summed E-state index contributed by atoms with van der Waals surface area (Å²) in [7, 11) is 1.59. The molecule has 174 valence electrons. The van der Waals surface area contributed by atoms with Gasteiger partial charge in [-0.1, -0.05) is 43.6 Å². The molecule has 1 atom stereocenters. The molecule has 4 rings (SSSR count). The average molecular weight is 477 g/mol. The van der Waals surface area contributed by atoms with E-state index in [-0.39, 0.29) is 23.8 Å². The number of ether oxygens (including phenoxy) is 1. The Morgan fingerprint density at radius 1 is 1.15 bits per heavy atom. The summed E-state index contributed by atoms with van der Waals surface area (Å²) in [5.41, 5.74) is 2.82. The number of hydrogen-bond donors (Lipinski definition) is 1. The Bertz CT molecular complexity index is 1250. The van der Waals surface area contributed by atoms with Gasteiger partial charge in [-0.2, -0.15) is 0 Å². The van der Waals surface area contributed by atoms with Crippen LogP contribution in [0.4, 0.5) is 0 Å². The zero-order chi connectivity index (χ0) is 24.4. The number of carbonyl (C=O) groups is 2. The second kappa shape index (κ2) is 9.69. The summed E-state index contributed by atoms with van der Waals surface area (Å²) < 4.78 is 5.44. The van der Waals surface area contributed by atoms with E-state index in [0.717, 1.165) is 11.1 Å². The fraction of sp³-hybridized carbons (Fsp3) is 0.222. The molecule has 34 heavy (non-hydrogen) atoms. The monoisotopic (exact) mass is 476 g/mol. The topological polar surface area (TPSA) is 79.7 Å². The van der Waals surface area contributed by atoms with Crippen molar-refractivity contribution in [2.45, 2.75) is 32.4 Å². The van der Waals surface area contributed by atoms with Crippen LogP contribution >= 0.6 is 11.6 Å². The Morgan fingerprint density at radius 2 is 1.88 bits per heavy atom. The van der Waals surface area contributed by atoms with E-state index in [1.165, 1.54) is 4.90 Å². The van der Waals surface area contributed by atoms with Crippen molar-refractivity contribution in [2.24, 2.45) is 0 Å². The summed E-state index contributed by atoms with van der Waals surface area (Å²) in [5, 5.41) is 11.9. The Balaban J connectivity index is 1.87. The van der Waals surface area contributed by atoms with Gasteiger partial charge in [0.2, 0.25) is 0 Å². The van der Waals surface area contributed by atoms with Gasteiger partial charge in [0.15, 0.2) is 0 Å². The van der Waals surface area contributed by atoms with Crippen molar-refractivity contribution >= 4 is 29.1 Å². The van der Waals surface area contributed by atoms with Crippen LogP contribution in [0.1, 0.15) is 48.1 Å². The zero-order valence-corrected chi connectivity index (χ0v) is 19.9. The van der Waals surface area contributed by atoms with E-state index in [4.69, 9.17) is 16.3 Å². The van der Waals surface area contributed by atoms with Crippen LogP contribution in [0.15, 0.2) is 72.6 Å². The largest absolute Gasteiger partial charge is 0.507 e. The number of ketones is 1. The first kappa shape index (κ1) is 23.5. The van der Waals surface area contributed by atoms with E-state index in [2.05, 4.69) is 4.98 Å². The van der Waals surface area contributed by atoms with Crippen LogP contribution in [-0.4, -0.2) is 33.8 Å². The molecule has 0 aliphatic carbocycles. The van der Waals surface area contributed by atoms with Crippen molar-refractivity contribution < 1.29 is 19.4 Å². The van der Waals surface area contributed by atoms with E-state index in [1.807, 2.05) is 19.9 Å². The first-order chi connectivity index (χ1) is 16.3. The number of aliphatic hydroxyl groups is 1. The molecule has 1 aromatic heterocycles. The van der Waals surface area contributed by atoms with E-state index in [9.17, 15) is 14.7 Å². The molecule has 0 spiro atoms. The third-order valence-corrected chi connectivity index (χ3v) is 6.18. The molecule has 1 aliphatic rings. The van der Waals surface area contributed by atoms with Gasteiger partial charge in [-0.25, -0.2) is 0 Å². The standard InChI is InChI=1S/C27H25ClN2O4/c1-16(2)21-13-19(8-11-22(21)34-3)25(31)23-24(18-6-9-20(28)10-7-18)30(27(33)26(23)32)15-17-5-4-12-29-14-17/h4-14,16,24,31H,15H2,1-3H3/b25-23-. The van der Waals surface area contributed by atoms with Gasteiger partial charge in [-0.05, 0) is 59.0 Å². The third kappa shape index (κ3) is 4.41. The first-order valence-corrected chi connectivity index (χ1v) is 11.3. The number of hydrogen-bond acceptors (Lipinski definition) is 5. The Kier molecular flexibility index (Phi) is 6.70. The number of nitrogens with zero attached hydrogens (tertiary/aromatic N) is 2. The zero-order valence-electron chi connectivity index (χ0n) is 19.2. The highest BCUT2D eigenvalue weighted by Crippen LogP contribution is 2.41. The molecule has 1 unspecified atom stereocenters. The van der Waals surface area contributed by atoms with Gasteiger partial charge in [0, 0.05) is 29.5 Å². The van der Waals surface area contributed by atoms with Crippen molar-refractivity contribution in [1.82, 2.24) is 9.88 Å². The van der Waals surface area contributed by atoms with Crippen LogP contribution in [0.2, 0.25) is 5.02 Å². The number of Topliss-reactive ketones (excluding diaryl/α,β-unsaturated/α-hetero) is 1. The maximum absolute atomic E-state index is 13.2. The number of pyridine rings is 1. The summed E-state index contributed by atoms with van der Waals surface area (Å²) in [6.45, 7) is 4.20. The number of rotatable bonds is 6. The maximum atomic E-state index is 13.2. The predicted molar refractivity (Wildman–Crippen MR) is 131 cm³/mol. The number of aliphatic hydroxyl groups excluding tert-OH is 1.